The number of benzene rings is 3. The lowest BCUT2D eigenvalue weighted by atomic mass is 9.78. The molecule has 0 aromatic heterocycles. The van der Waals surface area contributed by atoms with Crippen LogP contribution in [0.1, 0.15) is 36.1 Å². The van der Waals surface area contributed by atoms with Gasteiger partial charge in [-0.05, 0) is 46.4 Å². The van der Waals surface area contributed by atoms with E-state index in [1.165, 1.54) is 22.3 Å². The lowest BCUT2D eigenvalue weighted by Crippen LogP contribution is -2.18. The molecule has 0 aliphatic carbocycles. The van der Waals surface area contributed by atoms with Gasteiger partial charge in [0.2, 0.25) is 0 Å². The van der Waals surface area contributed by atoms with Crippen molar-refractivity contribution >= 4 is 5.57 Å². The van der Waals surface area contributed by atoms with Gasteiger partial charge in [0.25, 0.3) is 0 Å². The van der Waals surface area contributed by atoms with Crippen molar-refractivity contribution in [2.24, 2.45) is 0 Å². The fourth-order valence-electron chi connectivity index (χ4n) is 3.24. The zero-order valence-electron chi connectivity index (χ0n) is 15.8. The molecular weight excluding hydrogens is 316 g/mol. The Morgan fingerprint density at radius 3 is 1.88 bits per heavy atom. The van der Waals surface area contributed by atoms with E-state index in [2.05, 4.69) is 81.1 Å². The number of methoxy groups -OCH3 is 1. The van der Waals surface area contributed by atoms with Gasteiger partial charge in [0, 0.05) is 5.41 Å². The third kappa shape index (κ3) is 3.88. The van der Waals surface area contributed by atoms with Gasteiger partial charge in [0.1, 0.15) is 5.75 Å². The van der Waals surface area contributed by atoms with Gasteiger partial charge >= 0.3 is 0 Å². The standard InChI is InChI=1S/C25H26O/c1-19(21-8-6-5-7-9-21)18-20-10-12-22(13-11-20)25(2,3)23-14-16-24(26-4)17-15-23/h5-17H,1,18H2,2-4H3. The van der Waals surface area contributed by atoms with Gasteiger partial charge in [-0.1, -0.05) is 87.2 Å². The molecule has 0 fully saturated rings. The van der Waals surface area contributed by atoms with Crippen LogP contribution < -0.4 is 4.74 Å². The molecule has 0 amide bonds. The average Bonchev–Trinajstić information content (AvgIpc) is 2.69. The van der Waals surface area contributed by atoms with Gasteiger partial charge in [0.05, 0.1) is 7.11 Å². The normalized spacial score (nSPS) is 11.2. The summed E-state index contributed by atoms with van der Waals surface area (Å²) in [6.07, 6.45) is 0.868. The Morgan fingerprint density at radius 2 is 1.35 bits per heavy atom. The maximum absolute atomic E-state index is 5.27. The highest BCUT2D eigenvalue weighted by Gasteiger charge is 2.23. The number of rotatable bonds is 6. The molecule has 3 aromatic carbocycles. The fraction of sp³-hybridized carbons (Fsp3) is 0.200. The minimum atomic E-state index is -0.0543. The van der Waals surface area contributed by atoms with Crippen LogP contribution in [0.15, 0.2) is 85.4 Å². The van der Waals surface area contributed by atoms with Crippen LogP contribution >= 0.6 is 0 Å². The molecule has 0 unspecified atom stereocenters. The van der Waals surface area contributed by atoms with Crippen LogP contribution in [-0.2, 0) is 11.8 Å². The Labute approximate surface area is 157 Å². The predicted octanol–water partition coefficient (Wildman–Crippen LogP) is 6.28. The van der Waals surface area contributed by atoms with E-state index in [1.54, 1.807) is 7.11 Å². The van der Waals surface area contributed by atoms with Gasteiger partial charge in [-0.3, -0.25) is 0 Å². The summed E-state index contributed by atoms with van der Waals surface area (Å²) in [4.78, 5) is 0. The number of allylic oxidation sites excluding steroid dienone is 1. The first-order valence-corrected chi connectivity index (χ1v) is 8.98. The van der Waals surface area contributed by atoms with Crippen LogP contribution in [0.4, 0.5) is 0 Å². The van der Waals surface area contributed by atoms with Crippen molar-refractivity contribution in [3.8, 4) is 5.75 Å². The summed E-state index contributed by atoms with van der Waals surface area (Å²) in [6, 6.07) is 27.6. The van der Waals surface area contributed by atoms with Crippen molar-refractivity contribution in [3.05, 3.63) is 108 Å². The summed E-state index contributed by atoms with van der Waals surface area (Å²) in [5.41, 5.74) is 6.16. The monoisotopic (exact) mass is 342 g/mol. The van der Waals surface area contributed by atoms with Crippen LogP contribution in [0.2, 0.25) is 0 Å². The molecule has 0 saturated heterocycles. The second kappa shape index (κ2) is 7.61. The molecule has 1 nitrogen and oxygen atoms in total. The minimum absolute atomic E-state index is 0.0543. The van der Waals surface area contributed by atoms with E-state index in [0.717, 1.165) is 17.7 Å². The van der Waals surface area contributed by atoms with Crippen molar-refractivity contribution in [1.29, 1.82) is 0 Å². The number of hydrogen-bond acceptors (Lipinski definition) is 1. The highest BCUT2D eigenvalue weighted by atomic mass is 16.5. The third-order valence-electron chi connectivity index (χ3n) is 5.09. The van der Waals surface area contributed by atoms with E-state index in [1.807, 2.05) is 18.2 Å². The smallest absolute Gasteiger partial charge is 0.118 e. The average molecular weight is 342 g/mol. The minimum Gasteiger partial charge on any atom is -0.497 e. The van der Waals surface area contributed by atoms with E-state index in [-0.39, 0.29) is 5.41 Å². The number of hydrogen-bond donors (Lipinski definition) is 0. The summed E-state index contributed by atoms with van der Waals surface area (Å²) in [7, 11) is 1.70. The SMILES string of the molecule is C=C(Cc1ccc(C(C)(C)c2ccc(OC)cc2)cc1)c1ccccc1. The van der Waals surface area contributed by atoms with Crippen LogP contribution in [0.25, 0.3) is 5.57 Å². The third-order valence-corrected chi connectivity index (χ3v) is 5.09. The Bertz CT molecular complexity index is 856. The number of ether oxygens (including phenoxy) is 1. The molecule has 0 saturated carbocycles. The van der Waals surface area contributed by atoms with E-state index >= 15 is 0 Å². The zero-order chi connectivity index (χ0) is 18.6. The summed E-state index contributed by atoms with van der Waals surface area (Å²) in [6.45, 7) is 8.76. The molecule has 0 aliphatic rings. The maximum Gasteiger partial charge on any atom is 0.118 e. The van der Waals surface area contributed by atoms with Crippen LogP contribution in [0.3, 0.4) is 0 Å². The lowest BCUT2D eigenvalue weighted by molar-refractivity contribution is 0.414. The molecule has 0 atom stereocenters. The molecule has 0 bridgehead atoms. The summed E-state index contributed by atoms with van der Waals surface area (Å²) in [5.74, 6) is 0.888. The molecule has 3 aromatic rings. The largest absolute Gasteiger partial charge is 0.497 e. The first-order valence-electron chi connectivity index (χ1n) is 8.98. The van der Waals surface area contributed by atoms with Gasteiger partial charge in [-0.2, -0.15) is 0 Å². The van der Waals surface area contributed by atoms with Gasteiger partial charge in [0.15, 0.2) is 0 Å². The molecular formula is C25H26O. The molecule has 0 aliphatic heterocycles. The van der Waals surface area contributed by atoms with Gasteiger partial charge in [-0.25, -0.2) is 0 Å². The maximum atomic E-state index is 5.27. The van der Waals surface area contributed by atoms with Crippen molar-refractivity contribution in [2.45, 2.75) is 25.7 Å². The van der Waals surface area contributed by atoms with E-state index in [0.29, 0.717) is 0 Å². The Morgan fingerprint density at radius 1 is 0.808 bits per heavy atom. The van der Waals surface area contributed by atoms with Crippen molar-refractivity contribution in [2.75, 3.05) is 7.11 Å². The molecule has 0 heterocycles. The van der Waals surface area contributed by atoms with Crippen LogP contribution in [-0.4, -0.2) is 7.11 Å². The molecule has 0 spiro atoms. The van der Waals surface area contributed by atoms with Crippen LogP contribution in [0, 0.1) is 0 Å². The molecule has 0 radical (unpaired) electrons. The highest BCUT2D eigenvalue weighted by molar-refractivity contribution is 5.65. The molecule has 3 rings (SSSR count). The fourth-order valence-corrected chi connectivity index (χ4v) is 3.24. The lowest BCUT2D eigenvalue weighted by Gasteiger charge is -2.26. The van der Waals surface area contributed by atoms with E-state index < -0.39 is 0 Å². The summed E-state index contributed by atoms with van der Waals surface area (Å²) >= 11 is 0. The van der Waals surface area contributed by atoms with Crippen molar-refractivity contribution in [3.63, 3.8) is 0 Å². The summed E-state index contributed by atoms with van der Waals surface area (Å²) in [5, 5.41) is 0. The molecule has 0 N–H and O–H groups in total. The Balaban J connectivity index is 1.76. The van der Waals surface area contributed by atoms with E-state index in [4.69, 9.17) is 4.74 Å². The highest BCUT2D eigenvalue weighted by Crippen LogP contribution is 2.33. The quantitative estimate of drug-likeness (QED) is 0.512. The topological polar surface area (TPSA) is 9.23 Å². The molecule has 26 heavy (non-hydrogen) atoms. The second-order valence-corrected chi connectivity index (χ2v) is 7.20. The summed E-state index contributed by atoms with van der Waals surface area (Å²) < 4.78 is 5.27. The van der Waals surface area contributed by atoms with Crippen LogP contribution in [0.5, 0.6) is 5.75 Å². The van der Waals surface area contributed by atoms with Gasteiger partial charge in [-0.15, -0.1) is 0 Å². The Hall–Kier alpha value is -2.80. The van der Waals surface area contributed by atoms with Crippen molar-refractivity contribution in [1.82, 2.24) is 0 Å². The molecule has 132 valence electrons. The second-order valence-electron chi connectivity index (χ2n) is 7.20. The van der Waals surface area contributed by atoms with Crippen molar-refractivity contribution < 1.29 is 4.74 Å². The van der Waals surface area contributed by atoms with Gasteiger partial charge < -0.3 is 4.74 Å². The first kappa shape index (κ1) is 18.0. The zero-order valence-corrected chi connectivity index (χ0v) is 15.8. The first-order chi connectivity index (χ1) is 12.5. The molecule has 1 heteroatoms. The Kier molecular flexibility index (Phi) is 5.27. The predicted molar refractivity (Wildman–Crippen MR) is 111 cm³/mol. The van der Waals surface area contributed by atoms with E-state index in [9.17, 15) is 0 Å².